The molecule has 0 aliphatic carbocycles. The largest absolute Gasteiger partial charge is 0.455 e. The molecule has 1 aliphatic heterocycles. The zero-order valence-electron chi connectivity index (χ0n) is 17.1. The average Bonchev–Trinajstić information content (AvgIpc) is 3.11. The molecular weight excluding hydrogens is 373 g/mol. The molecule has 0 bridgehead atoms. The number of nitrogens with one attached hydrogen (secondary N) is 1. The minimum Gasteiger partial charge on any atom is -0.455 e. The van der Waals surface area contributed by atoms with Crippen molar-refractivity contribution in [2.45, 2.75) is 45.7 Å². The zero-order valence-corrected chi connectivity index (χ0v) is 17.1. The number of carbonyl (C=O) groups excluding carboxylic acids is 2. The van der Waals surface area contributed by atoms with Crippen LogP contribution in [0, 0.1) is 11.7 Å². The van der Waals surface area contributed by atoms with Crippen LogP contribution in [0.3, 0.4) is 0 Å². The Balaban J connectivity index is 1.53. The van der Waals surface area contributed by atoms with E-state index in [2.05, 4.69) is 10.2 Å². The van der Waals surface area contributed by atoms with Crippen LogP contribution in [0.4, 0.5) is 10.1 Å². The standard InChI is InChI=1S/C22H28FN3O3/c1-22(2,3)25-21(28)19-7-5-16(29-19)13-26-10-8-14(9-11-26)20(27)15-4-6-18(24)17(23)12-15/h4-7,12,14H,8-11,13,24H2,1-3H3,(H,25,28). The lowest BCUT2D eigenvalue weighted by molar-refractivity contribution is 0.0820. The molecule has 1 saturated heterocycles. The number of rotatable bonds is 5. The Bertz CT molecular complexity index is 893. The number of hydrogen-bond acceptors (Lipinski definition) is 5. The predicted molar refractivity (Wildman–Crippen MR) is 109 cm³/mol. The first-order valence-corrected chi connectivity index (χ1v) is 9.85. The summed E-state index contributed by atoms with van der Waals surface area (Å²) >= 11 is 0. The van der Waals surface area contributed by atoms with Crippen LogP contribution in [0.1, 0.15) is 60.3 Å². The van der Waals surface area contributed by atoms with Crippen LogP contribution in [0.25, 0.3) is 0 Å². The Kier molecular flexibility index (Phi) is 6.07. The lowest BCUT2D eigenvalue weighted by Crippen LogP contribution is -2.40. The van der Waals surface area contributed by atoms with Gasteiger partial charge < -0.3 is 15.5 Å². The van der Waals surface area contributed by atoms with Gasteiger partial charge in [0.15, 0.2) is 11.5 Å². The van der Waals surface area contributed by atoms with Gasteiger partial charge in [-0.05, 0) is 77.0 Å². The van der Waals surface area contributed by atoms with Gasteiger partial charge in [-0.25, -0.2) is 4.39 Å². The fourth-order valence-electron chi connectivity index (χ4n) is 3.48. The molecule has 1 aromatic heterocycles. The minimum atomic E-state index is -0.558. The number of benzene rings is 1. The van der Waals surface area contributed by atoms with Crippen LogP contribution in [0.5, 0.6) is 0 Å². The number of nitrogens with two attached hydrogens (primary N) is 1. The summed E-state index contributed by atoms with van der Waals surface area (Å²) in [7, 11) is 0. The Labute approximate surface area is 170 Å². The lowest BCUT2D eigenvalue weighted by atomic mass is 9.88. The maximum atomic E-state index is 13.6. The maximum absolute atomic E-state index is 13.6. The van der Waals surface area contributed by atoms with Crippen molar-refractivity contribution < 1.29 is 18.4 Å². The first-order chi connectivity index (χ1) is 13.6. The van der Waals surface area contributed by atoms with E-state index in [-0.39, 0.29) is 28.8 Å². The third-order valence-corrected chi connectivity index (χ3v) is 5.00. The van der Waals surface area contributed by atoms with Crippen molar-refractivity contribution >= 4 is 17.4 Å². The highest BCUT2D eigenvalue weighted by Gasteiger charge is 2.27. The van der Waals surface area contributed by atoms with Gasteiger partial charge in [-0.3, -0.25) is 14.5 Å². The number of carbonyl (C=O) groups is 2. The number of halogens is 1. The van der Waals surface area contributed by atoms with Gasteiger partial charge >= 0.3 is 0 Å². The second-order valence-corrected chi connectivity index (χ2v) is 8.62. The maximum Gasteiger partial charge on any atom is 0.287 e. The molecule has 7 heteroatoms. The molecule has 0 unspecified atom stereocenters. The Hall–Kier alpha value is -2.67. The van der Waals surface area contributed by atoms with Crippen LogP contribution in [0.15, 0.2) is 34.7 Å². The SMILES string of the molecule is CC(C)(C)NC(=O)c1ccc(CN2CCC(C(=O)c3ccc(N)c(F)c3)CC2)o1. The van der Waals surface area contributed by atoms with E-state index >= 15 is 0 Å². The van der Waals surface area contributed by atoms with Crippen LogP contribution < -0.4 is 11.1 Å². The fraction of sp³-hybridized carbons (Fsp3) is 0.455. The first kappa shape index (κ1) is 21.0. The molecule has 1 aromatic carbocycles. The smallest absolute Gasteiger partial charge is 0.287 e. The summed E-state index contributed by atoms with van der Waals surface area (Å²) in [5.74, 6) is 0.0580. The van der Waals surface area contributed by atoms with Crippen molar-refractivity contribution in [3.8, 4) is 0 Å². The van der Waals surface area contributed by atoms with Gasteiger partial charge in [0.1, 0.15) is 11.6 Å². The van der Waals surface area contributed by atoms with Crippen LogP contribution in [-0.2, 0) is 6.54 Å². The molecule has 3 N–H and O–H groups in total. The molecule has 0 saturated carbocycles. The molecule has 0 atom stereocenters. The molecule has 6 nitrogen and oxygen atoms in total. The zero-order chi connectivity index (χ0) is 21.2. The summed E-state index contributed by atoms with van der Waals surface area (Å²) in [6.07, 6.45) is 1.39. The normalized spacial score (nSPS) is 16.0. The van der Waals surface area contributed by atoms with E-state index in [4.69, 9.17) is 10.2 Å². The topological polar surface area (TPSA) is 88.6 Å². The Morgan fingerprint density at radius 1 is 1.21 bits per heavy atom. The van der Waals surface area contributed by atoms with E-state index < -0.39 is 5.82 Å². The quantitative estimate of drug-likeness (QED) is 0.590. The van der Waals surface area contributed by atoms with E-state index in [1.54, 1.807) is 12.1 Å². The highest BCUT2D eigenvalue weighted by molar-refractivity contribution is 5.98. The van der Waals surface area contributed by atoms with Crippen molar-refractivity contribution in [2.24, 2.45) is 5.92 Å². The molecule has 0 radical (unpaired) electrons. The van der Waals surface area contributed by atoms with Gasteiger partial charge in [0, 0.05) is 17.0 Å². The van der Waals surface area contributed by atoms with Crippen molar-refractivity contribution in [3.05, 3.63) is 53.2 Å². The number of ketones is 1. The first-order valence-electron chi connectivity index (χ1n) is 9.85. The molecule has 29 heavy (non-hydrogen) atoms. The molecule has 0 spiro atoms. The number of piperidine rings is 1. The highest BCUT2D eigenvalue weighted by Crippen LogP contribution is 2.24. The van der Waals surface area contributed by atoms with Gasteiger partial charge in [-0.1, -0.05) is 0 Å². The minimum absolute atomic E-state index is 0.0392. The van der Waals surface area contributed by atoms with Gasteiger partial charge in [-0.15, -0.1) is 0 Å². The second kappa shape index (κ2) is 8.37. The summed E-state index contributed by atoms with van der Waals surface area (Å²) in [5.41, 5.74) is 5.57. The summed E-state index contributed by atoms with van der Waals surface area (Å²) in [5, 5.41) is 2.88. The number of hydrogen-bond donors (Lipinski definition) is 2. The Morgan fingerprint density at radius 2 is 1.90 bits per heavy atom. The monoisotopic (exact) mass is 401 g/mol. The van der Waals surface area contributed by atoms with Crippen molar-refractivity contribution in [1.82, 2.24) is 10.2 Å². The molecule has 3 rings (SSSR count). The number of amides is 1. The second-order valence-electron chi connectivity index (χ2n) is 8.62. The predicted octanol–water partition coefficient (Wildman–Crippen LogP) is 3.62. The van der Waals surface area contributed by atoms with Crippen molar-refractivity contribution in [3.63, 3.8) is 0 Å². The third-order valence-electron chi connectivity index (χ3n) is 5.00. The average molecular weight is 401 g/mol. The fourth-order valence-corrected chi connectivity index (χ4v) is 3.48. The molecule has 2 heterocycles. The number of nitrogens with zero attached hydrogens (tertiary/aromatic N) is 1. The molecule has 1 amide bonds. The summed E-state index contributed by atoms with van der Waals surface area (Å²) < 4.78 is 19.3. The number of nitrogen functional groups attached to an aromatic ring is 1. The number of Topliss-reactive ketones (excluding diaryl/α,β-unsaturated/α-hetero) is 1. The Morgan fingerprint density at radius 3 is 2.52 bits per heavy atom. The van der Waals surface area contributed by atoms with Gasteiger partial charge in [0.2, 0.25) is 0 Å². The number of likely N-dealkylation sites (tertiary alicyclic amines) is 1. The number of anilines is 1. The van der Waals surface area contributed by atoms with Crippen LogP contribution in [-0.4, -0.2) is 35.2 Å². The van der Waals surface area contributed by atoms with E-state index in [1.165, 1.54) is 12.1 Å². The van der Waals surface area contributed by atoms with Gasteiger partial charge in [0.25, 0.3) is 5.91 Å². The van der Waals surface area contributed by atoms with Crippen molar-refractivity contribution in [2.75, 3.05) is 18.8 Å². The van der Waals surface area contributed by atoms with Crippen LogP contribution >= 0.6 is 0 Å². The lowest BCUT2D eigenvalue weighted by Gasteiger charge is -2.30. The molecule has 2 aromatic rings. The summed E-state index contributed by atoms with van der Waals surface area (Å²) in [6.45, 7) is 7.80. The summed E-state index contributed by atoms with van der Waals surface area (Å²) in [4.78, 5) is 27.0. The third kappa shape index (κ3) is 5.44. The molecular formula is C22H28FN3O3. The van der Waals surface area contributed by atoms with E-state index in [9.17, 15) is 14.0 Å². The highest BCUT2D eigenvalue weighted by atomic mass is 19.1. The van der Waals surface area contributed by atoms with E-state index in [0.29, 0.717) is 30.7 Å². The summed E-state index contributed by atoms with van der Waals surface area (Å²) in [6, 6.07) is 7.73. The van der Waals surface area contributed by atoms with E-state index in [0.717, 1.165) is 18.8 Å². The molecule has 156 valence electrons. The van der Waals surface area contributed by atoms with Gasteiger partial charge in [-0.2, -0.15) is 0 Å². The molecule has 1 aliphatic rings. The van der Waals surface area contributed by atoms with Crippen molar-refractivity contribution in [1.29, 1.82) is 0 Å². The van der Waals surface area contributed by atoms with Gasteiger partial charge in [0.05, 0.1) is 12.2 Å². The number of furan rings is 1. The van der Waals surface area contributed by atoms with E-state index in [1.807, 2.05) is 26.8 Å². The molecule has 1 fully saturated rings. The van der Waals surface area contributed by atoms with Crippen LogP contribution in [0.2, 0.25) is 0 Å².